The zero-order valence-corrected chi connectivity index (χ0v) is 14.3. The lowest BCUT2D eigenvalue weighted by molar-refractivity contribution is -0.143. The third-order valence-electron chi connectivity index (χ3n) is 3.94. The van der Waals surface area contributed by atoms with Gasteiger partial charge in [0.25, 0.3) is 0 Å². The van der Waals surface area contributed by atoms with Crippen LogP contribution >= 0.6 is 15.9 Å². The van der Waals surface area contributed by atoms with Gasteiger partial charge in [-0.25, -0.2) is 0 Å². The molecule has 1 aliphatic rings. The molecule has 0 aromatic heterocycles. The van der Waals surface area contributed by atoms with Crippen molar-refractivity contribution in [3.05, 3.63) is 34.3 Å². The van der Waals surface area contributed by atoms with E-state index >= 15 is 0 Å². The van der Waals surface area contributed by atoms with Gasteiger partial charge in [0.1, 0.15) is 6.04 Å². The second-order valence-corrected chi connectivity index (χ2v) is 6.67. The molecule has 5 nitrogen and oxygen atoms in total. The fourth-order valence-corrected chi connectivity index (χ4v) is 2.68. The molecule has 0 spiro atoms. The van der Waals surface area contributed by atoms with Gasteiger partial charge in [0, 0.05) is 10.5 Å². The van der Waals surface area contributed by atoms with Gasteiger partial charge in [0.15, 0.2) is 0 Å². The normalized spacial score (nSPS) is 17.1. The molecule has 2 unspecified atom stereocenters. The summed E-state index contributed by atoms with van der Waals surface area (Å²) in [6.45, 7) is 3.67. The van der Waals surface area contributed by atoms with Crippen molar-refractivity contribution in [2.45, 2.75) is 44.8 Å². The number of hydrogen-bond donors (Lipinski definition) is 2. The molecule has 0 aliphatic heterocycles. The van der Waals surface area contributed by atoms with Crippen LogP contribution in [0.4, 0.5) is 0 Å². The number of carboxylic acids is 1. The number of carbonyl (C=O) groups is 2. The maximum absolute atomic E-state index is 12.2. The zero-order chi connectivity index (χ0) is 16.3. The third kappa shape index (κ3) is 4.55. The van der Waals surface area contributed by atoms with Crippen molar-refractivity contribution in [1.82, 2.24) is 10.2 Å². The Kier molecular flexibility index (Phi) is 5.58. The van der Waals surface area contributed by atoms with Crippen molar-refractivity contribution >= 4 is 27.8 Å². The minimum absolute atomic E-state index is 0.109. The summed E-state index contributed by atoms with van der Waals surface area (Å²) in [6, 6.07) is 7.24. The number of carboxylic acid groups (broad SMARTS) is 1. The van der Waals surface area contributed by atoms with Gasteiger partial charge in [-0.05, 0) is 44.4 Å². The molecule has 2 atom stereocenters. The van der Waals surface area contributed by atoms with Gasteiger partial charge < -0.3 is 10.4 Å². The fourth-order valence-electron chi connectivity index (χ4n) is 2.42. The fraction of sp³-hybridized carbons (Fsp3) is 0.500. The second kappa shape index (κ2) is 7.24. The van der Waals surface area contributed by atoms with Crippen molar-refractivity contribution in [2.24, 2.45) is 0 Å². The first-order valence-electron chi connectivity index (χ1n) is 7.42. The number of halogens is 1. The predicted octanol–water partition coefficient (Wildman–Crippen LogP) is 2.56. The number of rotatable bonds is 7. The van der Waals surface area contributed by atoms with Crippen LogP contribution in [0, 0.1) is 0 Å². The number of nitrogens with one attached hydrogen (secondary N) is 1. The standard InChI is InChI=1S/C16H21BrN2O3/c1-10(12-3-5-13(17)6-4-12)18-15(20)9-19(14-7-8-14)11(2)16(21)22/h3-6,10-11,14H,7-9H2,1-2H3,(H,18,20)(H,21,22). The first kappa shape index (κ1) is 17.0. The van der Waals surface area contributed by atoms with Gasteiger partial charge in [-0.3, -0.25) is 14.5 Å². The van der Waals surface area contributed by atoms with Crippen molar-refractivity contribution in [3.63, 3.8) is 0 Å². The largest absolute Gasteiger partial charge is 0.480 e. The quantitative estimate of drug-likeness (QED) is 0.775. The summed E-state index contributed by atoms with van der Waals surface area (Å²) in [5.41, 5.74) is 1.01. The first-order chi connectivity index (χ1) is 10.4. The van der Waals surface area contributed by atoms with E-state index in [-0.39, 0.29) is 24.5 Å². The van der Waals surface area contributed by atoms with E-state index in [0.29, 0.717) is 0 Å². The van der Waals surface area contributed by atoms with Gasteiger partial charge in [0.2, 0.25) is 5.91 Å². The second-order valence-electron chi connectivity index (χ2n) is 5.76. The maximum Gasteiger partial charge on any atom is 0.320 e. The first-order valence-corrected chi connectivity index (χ1v) is 8.21. The van der Waals surface area contributed by atoms with Crippen molar-refractivity contribution in [1.29, 1.82) is 0 Å². The van der Waals surface area contributed by atoms with Crippen LogP contribution in [0.5, 0.6) is 0 Å². The molecule has 22 heavy (non-hydrogen) atoms. The highest BCUT2D eigenvalue weighted by Gasteiger charge is 2.36. The van der Waals surface area contributed by atoms with Crippen molar-refractivity contribution in [2.75, 3.05) is 6.54 Å². The van der Waals surface area contributed by atoms with Crippen LogP contribution in [0.1, 0.15) is 38.3 Å². The molecule has 6 heteroatoms. The van der Waals surface area contributed by atoms with E-state index in [0.717, 1.165) is 22.9 Å². The SMILES string of the molecule is CC(NC(=O)CN(C1CC1)C(C)C(=O)O)c1ccc(Br)cc1. The summed E-state index contributed by atoms with van der Waals surface area (Å²) in [5, 5.41) is 12.1. The molecular formula is C16H21BrN2O3. The molecule has 1 saturated carbocycles. The predicted molar refractivity (Wildman–Crippen MR) is 87.5 cm³/mol. The molecule has 2 N–H and O–H groups in total. The highest BCUT2D eigenvalue weighted by Crippen LogP contribution is 2.28. The summed E-state index contributed by atoms with van der Waals surface area (Å²) in [7, 11) is 0. The molecule has 1 fully saturated rings. The summed E-state index contributed by atoms with van der Waals surface area (Å²) in [6.07, 6.45) is 1.93. The summed E-state index contributed by atoms with van der Waals surface area (Å²) in [5.74, 6) is -1.03. The summed E-state index contributed by atoms with van der Waals surface area (Å²) >= 11 is 3.38. The van der Waals surface area contributed by atoms with Gasteiger partial charge in [0.05, 0.1) is 12.6 Å². The number of aliphatic carboxylic acids is 1. The number of amides is 1. The Morgan fingerprint density at radius 2 is 1.91 bits per heavy atom. The lowest BCUT2D eigenvalue weighted by atomic mass is 10.1. The lowest BCUT2D eigenvalue weighted by Gasteiger charge is -2.26. The minimum Gasteiger partial charge on any atom is -0.480 e. The van der Waals surface area contributed by atoms with E-state index in [2.05, 4.69) is 21.2 Å². The van der Waals surface area contributed by atoms with E-state index in [1.54, 1.807) is 11.8 Å². The zero-order valence-electron chi connectivity index (χ0n) is 12.8. The molecular weight excluding hydrogens is 348 g/mol. The summed E-state index contributed by atoms with van der Waals surface area (Å²) in [4.78, 5) is 25.1. The smallest absolute Gasteiger partial charge is 0.320 e. The van der Waals surface area contributed by atoms with Gasteiger partial charge in [-0.15, -0.1) is 0 Å². The molecule has 0 heterocycles. The molecule has 2 rings (SSSR count). The van der Waals surface area contributed by atoms with E-state index < -0.39 is 12.0 Å². The number of benzene rings is 1. The average molecular weight is 369 g/mol. The van der Waals surface area contributed by atoms with Crippen LogP contribution in [0.2, 0.25) is 0 Å². The van der Waals surface area contributed by atoms with Crippen LogP contribution in [-0.2, 0) is 9.59 Å². The Morgan fingerprint density at radius 3 is 2.41 bits per heavy atom. The van der Waals surface area contributed by atoms with Crippen LogP contribution < -0.4 is 5.32 Å². The van der Waals surface area contributed by atoms with Gasteiger partial charge >= 0.3 is 5.97 Å². The van der Waals surface area contributed by atoms with Crippen LogP contribution in [0.25, 0.3) is 0 Å². The number of hydrogen-bond acceptors (Lipinski definition) is 3. The van der Waals surface area contributed by atoms with Gasteiger partial charge in [-0.2, -0.15) is 0 Å². The molecule has 1 aromatic carbocycles. The lowest BCUT2D eigenvalue weighted by Crippen LogP contribution is -2.46. The molecule has 0 bridgehead atoms. The average Bonchev–Trinajstić information content (AvgIpc) is 3.29. The van der Waals surface area contributed by atoms with Crippen LogP contribution in [-0.4, -0.2) is 40.5 Å². The van der Waals surface area contributed by atoms with E-state index in [9.17, 15) is 9.59 Å². The molecule has 120 valence electrons. The van der Waals surface area contributed by atoms with Gasteiger partial charge in [-0.1, -0.05) is 28.1 Å². The Balaban J connectivity index is 1.93. The molecule has 0 radical (unpaired) electrons. The molecule has 1 aliphatic carbocycles. The number of carbonyl (C=O) groups excluding carboxylic acids is 1. The Labute approximate surface area is 138 Å². The van der Waals surface area contributed by atoms with Crippen molar-refractivity contribution in [3.8, 4) is 0 Å². The Hall–Kier alpha value is -1.40. The molecule has 1 aromatic rings. The molecule has 1 amide bonds. The third-order valence-corrected chi connectivity index (χ3v) is 4.47. The highest BCUT2D eigenvalue weighted by atomic mass is 79.9. The maximum atomic E-state index is 12.2. The van der Waals surface area contributed by atoms with E-state index in [4.69, 9.17) is 5.11 Å². The topological polar surface area (TPSA) is 69.6 Å². The Morgan fingerprint density at radius 1 is 1.32 bits per heavy atom. The van der Waals surface area contributed by atoms with E-state index in [1.165, 1.54) is 0 Å². The van der Waals surface area contributed by atoms with Crippen molar-refractivity contribution < 1.29 is 14.7 Å². The number of nitrogens with zero attached hydrogens (tertiary/aromatic N) is 1. The van der Waals surface area contributed by atoms with Crippen LogP contribution in [0.3, 0.4) is 0 Å². The van der Waals surface area contributed by atoms with Crippen LogP contribution in [0.15, 0.2) is 28.7 Å². The molecule has 0 saturated heterocycles. The summed E-state index contributed by atoms with van der Waals surface area (Å²) < 4.78 is 0.991. The van der Waals surface area contributed by atoms with E-state index in [1.807, 2.05) is 31.2 Å². The highest BCUT2D eigenvalue weighted by molar-refractivity contribution is 9.10. The Bertz CT molecular complexity index is 543. The monoisotopic (exact) mass is 368 g/mol. The minimum atomic E-state index is -0.888.